The summed E-state index contributed by atoms with van der Waals surface area (Å²) in [7, 11) is 0. The number of hydrogen-bond acceptors (Lipinski definition) is 6. The molecule has 0 saturated heterocycles. The monoisotopic (exact) mass is 254 g/mol. The van der Waals surface area contributed by atoms with E-state index in [1.54, 1.807) is 0 Å². The molecular weight excluding hydrogens is 240 g/mol. The Hall–Kier alpha value is -2.38. The summed E-state index contributed by atoms with van der Waals surface area (Å²) in [6, 6.07) is 1.73. The van der Waals surface area contributed by atoms with Crippen molar-refractivity contribution in [1.29, 1.82) is 0 Å². The summed E-state index contributed by atoms with van der Waals surface area (Å²) in [6.45, 7) is 1.86. The van der Waals surface area contributed by atoms with Crippen molar-refractivity contribution < 1.29 is 14.8 Å². The Balaban J connectivity index is 2.88. The van der Waals surface area contributed by atoms with Crippen LogP contribution in [0.15, 0.2) is 12.1 Å². The zero-order valence-corrected chi connectivity index (χ0v) is 9.79. The third-order valence-corrected chi connectivity index (χ3v) is 2.30. The number of aliphatic carboxylic acids is 1. The maximum atomic E-state index is 10.9. The fourth-order valence-corrected chi connectivity index (χ4v) is 1.43. The van der Waals surface area contributed by atoms with Gasteiger partial charge < -0.3 is 16.2 Å². The van der Waals surface area contributed by atoms with Crippen molar-refractivity contribution in [3.8, 4) is 0 Å². The summed E-state index contributed by atoms with van der Waals surface area (Å²) in [6.07, 6.45) is 1.11. The van der Waals surface area contributed by atoms with Gasteiger partial charge in [0.1, 0.15) is 11.9 Å². The second kappa shape index (κ2) is 5.80. The first-order valence-corrected chi connectivity index (χ1v) is 5.36. The van der Waals surface area contributed by atoms with Crippen molar-refractivity contribution in [3.63, 3.8) is 0 Å². The van der Waals surface area contributed by atoms with Crippen LogP contribution in [0.4, 0.5) is 17.3 Å². The minimum atomic E-state index is -1.00. The Morgan fingerprint density at radius 1 is 1.67 bits per heavy atom. The number of hydrogen-bond donors (Lipinski definition) is 3. The maximum absolute atomic E-state index is 10.9. The van der Waals surface area contributed by atoms with E-state index in [1.807, 2.05) is 6.92 Å². The molecule has 0 aromatic carbocycles. The zero-order chi connectivity index (χ0) is 13.7. The number of nitrogens with two attached hydrogens (primary N) is 1. The van der Waals surface area contributed by atoms with Crippen LogP contribution in [0.1, 0.15) is 19.8 Å². The lowest BCUT2D eigenvalue weighted by molar-refractivity contribution is -0.384. The van der Waals surface area contributed by atoms with Gasteiger partial charge in [-0.15, -0.1) is 0 Å². The molecular formula is C10H14N4O4. The van der Waals surface area contributed by atoms with E-state index in [0.717, 1.165) is 0 Å². The average Bonchev–Trinajstić information content (AvgIpc) is 2.27. The van der Waals surface area contributed by atoms with Crippen molar-refractivity contribution in [2.75, 3.05) is 11.1 Å². The van der Waals surface area contributed by atoms with Crippen molar-refractivity contribution in [3.05, 3.63) is 22.2 Å². The zero-order valence-electron chi connectivity index (χ0n) is 9.79. The highest BCUT2D eigenvalue weighted by molar-refractivity contribution is 5.77. The first kappa shape index (κ1) is 13.7. The Morgan fingerprint density at radius 3 is 2.78 bits per heavy atom. The average molecular weight is 254 g/mol. The second-order valence-electron chi connectivity index (χ2n) is 3.68. The van der Waals surface area contributed by atoms with Crippen LogP contribution in [0.25, 0.3) is 0 Å². The van der Waals surface area contributed by atoms with Gasteiger partial charge in [0.2, 0.25) is 5.82 Å². The lowest BCUT2D eigenvalue weighted by Crippen LogP contribution is -2.29. The van der Waals surface area contributed by atoms with Crippen LogP contribution < -0.4 is 11.1 Å². The Bertz CT molecular complexity index is 463. The van der Waals surface area contributed by atoms with Gasteiger partial charge in [-0.3, -0.25) is 10.1 Å². The first-order chi connectivity index (χ1) is 8.45. The van der Waals surface area contributed by atoms with Gasteiger partial charge in [-0.05, 0) is 12.5 Å². The van der Waals surface area contributed by atoms with Crippen LogP contribution in [0, 0.1) is 10.1 Å². The highest BCUT2D eigenvalue weighted by Crippen LogP contribution is 2.21. The fraction of sp³-hybridized carbons (Fsp3) is 0.400. The molecule has 1 aromatic heterocycles. The SMILES string of the molecule is CCCC(Nc1ccc([N+](=O)[O-])c(N)n1)C(=O)O. The number of anilines is 2. The molecule has 0 aliphatic carbocycles. The minimum absolute atomic E-state index is 0.207. The highest BCUT2D eigenvalue weighted by atomic mass is 16.6. The van der Waals surface area contributed by atoms with Crippen molar-refractivity contribution in [2.24, 2.45) is 0 Å². The molecule has 1 atom stereocenters. The van der Waals surface area contributed by atoms with Gasteiger partial charge >= 0.3 is 11.7 Å². The van der Waals surface area contributed by atoms with E-state index in [9.17, 15) is 14.9 Å². The Kier molecular flexibility index (Phi) is 4.41. The van der Waals surface area contributed by atoms with E-state index in [1.165, 1.54) is 12.1 Å². The number of rotatable bonds is 6. The van der Waals surface area contributed by atoms with Crippen molar-refractivity contribution >= 4 is 23.3 Å². The predicted molar refractivity (Wildman–Crippen MR) is 65.3 cm³/mol. The van der Waals surface area contributed by atoms with Gasteiger partial charge in [0.15, 0.2) is 0 Å². The molecule has 0 fully saturated rings. The van der Waals surface area contributed by atoms with Crippen LogP contribution in [-0.4, -0.2) is 27.0 Å². The molecule has 0 bridgehead atoms. The first-order valence-electron chi connectivity index (χ1n) is 5.36. The molecule has 0 spiro atoms. The molecule has 18 heavy (non-hydrogen) atoms. The van der Waals surface area contributed by atoms with Gasteiger partial charge in [-0.2, -0.15) is 0 Å². The number of nitrogens with zero attached hydrogens (tertiary/aromatic N) is 2. The summed E-state index contributed by atoms with van der Waals surface area (Å²) >= 11 is 0. The standard InChI is InChI=1S/C10H14N4O4/c1-2-3-6(10(15)16)12-8-5-4-7(14(17)18)9(11)13-8/h4-6H,2-3H2,1H3,(H,15,16)(H3,11,12,13). The fourth-order valence-electron chi connectivity index (χ4n) is 1.43. The number of pyridine rings is 1. The second-order valence-corrected chi connectivity index (χ2v) is 3.68. The number of aromatic nitrogens is 1. The molecule has 1 heterocycles. The number of nitrogen functional groups attached to an aromatic ring is 1. The smallest absolute Gasteiger partial charge is 0.326 e. The molecule has 4 N–H and O–H groups in total. The lowest BCUT2D eigenvalue weighted by Gasteiger charge is -2.14. The highest BCUT2D eigenvalue weighted by Gasteiger charge is 2.18. The van der Waals surface area contributed by atoms with E-state index in [4.69, 9.17) is 10.8 Å². The van der Waals surface area contributed by atoms with Crippen LogP contribution in [0.5, 0.6) is 0 Å². The molecule has 0 aliphatic rings. The third kappa shape index (κ3) is 3.30. The maximum Gasteiger partial charge on any atom is 0.326 e. The van der Waals surface area contributed by atoms with Gasteiger partial charge in [0.25, 0.3) is 0 Å². The van der Waals surface area contributed by atoms with Crippen LogP contribution in [0.3, 0.4) is 0 Å². The normalized spacial score (nSPS) is 11.8. The van der Waals surface area contributed by atoms with Crippen LogP contribution in [-0.2, 0) is 4.79 Å². The molecule has 8 heteroatoms. The van der Waals surface area contributed by atoms with E-state index >= 15 is 0 Å². The number of carbonyl (C=O) groups is 1. The summed E-state index contributed by atoms with van der Waals surface area (Å²) in [4.78, 5) is 24.6. The summed E-state index contributed by atoms with van der Waals surface area (Å²) in [5.41, 5.74) is 5.11. The lowest BCUT2D eigenvalue weighted by atomic mass is 10.1. The van der Waals surface area contributed by atoms with E-state index < -0.39 is 16.9 Å². The van der Waals surface area contributed by atoms with E-state index in [-0.39, 0.29) is 17.3 Å². The molecule has 98 valence electrons. The third-order valence-electron chi connectivity index (χ3n) is 2.30. The number of nitro groups is 1. The van der Waals surface area contributed by atoms with Crippen molar-refractivity contribution in [1.82, 2.24) is 4.98 Å². The van der Waals surface area contributed by atoms with Crippen LogP contribution >= 0.6 is 0 Å². The molecule has 0 amide bonds. The topological polar surface area (TPSA) is 131 Å². The van der Waals surface area contributed by atoms with E-state index in [0.29, 0.717) is 12.8 Å². The molecule has 0 radical (unpaired) electrons. The molecule has 8 nitrogen and oxygen atoms in total. The number of nitrogens with one attached hydrogen (secondary N) is 1. The van der Waals surface area contributed by atoms with Crippen molar-refractivity contribution in [2.45, 2.75) is 25.8 Å². The number of carboxylic acid groups (broad SMARTS) is 1. The van der Waals surface area contributed by atoms with Crippen LogP contribution in [0.2, 0.25) is 0 Å². The predicted octanol–water partition coefficient (Wildman–Crippen LogP) is 1.24. The van der Waals surface area contributed by atoms with Gasteiger partial charge in [-0.25, -0.2) is 9.78 Å². The van der Waals surface area contributed by atoms with Gasteiger partial charge in [0, 0.05) is 6.07 Å². The summed E-state index contributed by atoms with van der Waals surface area (Å²) in [5, 5.41) is 22.2. The largest absolute Gasteiger partial charge is 0.480 e. The minimum Gasteiger partial charge on any atom is -0.480 e. The number of carboxylic acids is 1. The molecule has 1 unspecified atom stereocenters. The molecule has 0 aliphatic heterocycles. The Labute approximate surface area is 103 Å². The summed E-state index contributed by atoms with van der Waals surface area (Å²) in [5.74, 6) is -1.04. The van der Waals surface area contributed by atoms with Gasteiger partial charge in [0.05, 0.1) is 4.92 Å². The van der Waals surface area contributed by atoms with E-state index in [2.05, 4.69) is 10.3 Å². The molecule has 0 saturated carbocycles. The quantitative estimate of drug-likeness (QED) is 0.513. The van der Waals surface area contributed by atoms with Gasteiger partial charge in [-0.1, -0.05) is 13.3 Å². The summed E-state index contributed by atoms with van der Waals surface area (Å²) < 4.78 is 0. The molecule has 1 rings (SSSR count). The Morgan fingerprint density at radius 2 is 2.33 bits per heavy atom. The molecule has 1 aromatic rings.